The summed E-state index contributed by atoms with van der Waals surface area (Å²) in [7, 11) is 0. The van der Waals surface area contributed by atoms with Gasteiger partial charge in [0.2, 0.25) is 0 Å². The predicted molar refractivity (Wildman–Crippen MR) is 28.5 cm³/mol. The maximum atomic E-state index is 11.3. The molecule has 62 valence electrons. The predicted octanol–water partition coefficient (Wildman–Crippen LogP) is 1.47. The van der Waals surface area contributed by atoms with Gasteiger partial charge in [0.1, 0.15) is 0 Å². The number of hydrogen-bond acceptors (Lipinski definition) is 2. The first kappa shape index (κ1) is 10.0. The Morgan fingerprint density at radius 2 is 1.90 bits per heavy atom. The van der Waals surface area contributed by atoms with Crippen LogP contribution in [0.3, 0.4) is 0 Å². The molecular weight excluding hydrogens is 172 g/mol. The van der Waals surface area contributed by atoms with Gasteiger partial charge in [-0.05, 0) is 6.92 Å². The van der Waals surface area contributed by atoms with Gasteiger partial charge in [-0.3, -0.25) is 4.74 Å². The molecule has 0 bridgehead atoms. The SMILES string of the molecule is CC(O)(CCl)OC(F)(F)F. The number of aliphatic hydroxyl groups is 1. The minimum atomic E-state index is -4.85. The lowest BCUT2D eigenvalue weighted by atomic mass is 10.4. The Labute approximate surface area is 60.5 Å². The van der Waals surface area contributed by atoms with E-state index in [0.29, 0.717) is 0 Å². The minimum absolute atomic E-state index is 0.632. The van der Waals surface area contributed by atoms with E-state index in [2.05, 4.69) is 4.74 Å². The number of halogens is 4. The van der Waals surface area contributed by atoms with E-state index in [1.807, 2.05) is 0 Å². The van der Waals surface area contributed by atoms with Crippen LogP contribution in [0.1, 0.15) is 6.92 Å². The number of rotatable bonds is 2. The first-order valence-corrected chi connectivity index (χ1v) is 2.85. The van der Waals surface area contributed by atoms with Gasteiger partial charge < -0.3 is 5.11 Å². The van der Waals surface area contributed by atoms with Crippen molar-refractivity contribution in [2.75, 3.05) is 5.88 Å². The number of ether oxygens (including phenoxy) is 1. The maximum absolute atomic E-state index is 11.3. The zero-order valence-electron chi connectivity index (χ0n) is 5.07. The third-order valence-corrected chi connectivity index (χ3v) is 1.08. The Balaban J connectivity index is 3.89. The van der Waals surface area contributed by atoms with Crippen LogP contribution in [0.2, 0.25) is 0 Å². The highest BCUT2D eigenvalue weighted by Crippen LogP contribution is 2.23. The Morgan fingerprint density at radius 3 is 2.00 bits per heavy atom. The van der Waals surface area contributed by atoms with Crippen LogP contribution in [0, 0.1) is 0 Å². The summed E-state index contributed by atoms with van der Waals surface area (Å²) in [6, 6.07) is 0. The van der Waals surface area contributed by atoms with Crippen LogP contribution >= 0.6 is 11.6 Å². The summed E-state index contributed by atoms with van der Waals surface area (Å²) in [6.45, 7) is 0.827. The van der Waals surface area contributed by atoms with Crippen LogP contribution in [0.15, 0.2) is 0 Å². The Hall–Kier alpha value is -0.0000000000000000555. The molecule has 0 aliphatic heterocycles. The molecule has 0 fully saturated rings. The average Bonchev–Trinajstić information content (AvgIpc) is 1.60. The molecule has 0 aromatic carbocycles. The zero-order chi connectivity index (χ0) is 8.41. The van der Waals surface area contributed by atoms with Crippen molar-refractivity contribution >= 4 is 11.6 Å². The van der Waals surface area contributed by atoms with Gasteiger partial charge in [0, 0.05) is 0 Å². The Morgan fingerprint density at radius 1 is 1.50 bits per heavy atom. The van der Waals surface area contributed by atoms with Crippen molar-refractivity contribution in [1.29, 1.82) is 0 Å². The third kappa shape index (κ3) is 4.84. The van der Waals surface area contributed by atoms with Crippen molar-refractivity contribution in [2.45, 2.75) is 19.1 Å². The van der Waals surface area contributed by atoms with Gasteiger partial charge >= 0.3 is 6.36 Å². The van der Waals surface area contributed by atoms with Crippen LogP contribution in [-0.4, -0.2) is 23.1 Å². The number of hydrogen-bond donors (Lipinski definition) is 1. The second-order valence-corrected chi connectivity index (χ2v) is 2.12. The van der Waals surface area contributed by atoms with E-state index < -0.39 is 18.0 Å². The first-order chi connectivity index (χ1) is 4.27. The van der Waals surface area contributed by atoms with E-state index in [1.54, 1.807) is 0 Å². The van der Waals surface area contributed by atoms with Gasteiger partial charge in [-0.2, -0.15) is 0 Å². The van der Waals surface area contributed by atoms with Crippen LogP contribution < -0.4 is 0 Å². The van der Waals surface area contributed by atoms with E-state index in [4.69, 9.17) is 16.7 Å². The molecule has 0 aliphatic carbocycles. The highest BCUT2D eigenvalue weighted by Gasteiger charge is 2.38. The lowest BCUT2D eigenvalue weighted by Gasteiger charge is -2.21. The Bertz CT molecular complexity index is 112. The maximum Gasteiger partial charge on any atom is 0.525 e. The fraction of sp³-hybridized carbons (Fsp3) is 1.00. The monoisotopic (exact) mass is 178 g/mol. The van der Waals surface area contributed by atoms with Gasteiger partial charge in [0.25, 0.3) is 0 Å². The summed E-state index contributed by atoms with van der Waals surface area (Å²) in [6.07, 6.45) is -4.85. The van der Waals surface area contributed by atoms with Crippen molar-refractivity contribution < 1.29 is 23.0 Å². The van der Waals surface area contributed by atoms with Gasteiger partial charge in [-0.15, -0.1) is 24.8 Å². The van der Waals surface area contributed by atoms with Crippen molar-refractivity contribution in [3.05, 3.63) is 0 Å². The van der Waals surface area contributed by atoms with E-state index in [1.165, 1.54) is 0 Å². The van der Waals surface area contributed by atoms with Crippen molar-refractivity contribution in [2.24, 2.45) is 0 Å². The second kappa shape index (κ2) is 2.94. The quantitative estimate of drug-likeness (QED) is 0.513. The summed E-state index contributed by atoms with van der Waals surface area (Å²) >= 11 is 4.92. The molecule has 1 N–H and O–H groups in total. The normalized spacial score (nSPS) is 18.6. The largest absolute Gasteiger partial charge is 0.525 e. The summed E-state index contributed by atoms with van der Waals surface area (Å²) < 4.78 is 37.1. The van der Waals surface area contributed by atoms with Crippen LogP contribution in [-0.2, 0) is 4.74 Å². The number of alkyl halides is 4. The molecular formula is C4H6ClF3O2. The molecule has 0 aliphatic rings. The third-order valence-electron chi connectivity index (χ3n) is 0.584. The van der Waals surface area contributed by atoms with Gasteiger partial charge in [-0.1, -0.05) is 0 Å². The molecule has 6 heteroatoms. The van der Waals surface area contributed by atoms with Crippen LogP contribution in [0.5, 0.6) is 0 Å². The molecule has 1 atom stereocenters. The van der Waals surface area contributed by atoms with E-state index in [-0.39, 0.29) is 0 Å². The smallest absolute Gasteiger partial charge is 0.364 e. The molecule has 2 nitrogen and oxygen atoms in total. The molecule has 0 saturated carbocycles. The molecule has 0 rings (SSSR count). The fourth-order valence-corrected chi connectivity index (χ4v) is 0.331. The molecule has 0 aromatic rings. The molecule has 0 spiro atoms. The van der Waals surface area contributed by atoms with Gasteiger partial charge in [0.15, 0.2) is 5.79 Å². The van der Waals surface area contributed by atoms with E-state index in [9.17, 15) is 13.2 Å². The zero-order valence-corrected chi connectivity index (χ0v) is 5.83. The van der Waals surface area contributed by atoms with Crippen molar-refractivity contribution in [3.8, 4) is 0 Å². The first-order valence-electron chi connectivity index (χ1n) is 2.32. The molecule has 0 radical (unpaired) electrons. The molecule has 0 saturated heterocycles. The van der Waals surface area contributed by atoms with E-state index >= 15 is 0 Å². The average molecular weight is 179 g/mol. The standard InChI is InChI=1S/C4H6ClF3O2/c1-3(9,2-5)10-4(6,7)8/h9H,2H2,1H3. The lowest BCUT2D eigenvalue weighted by Crippen LogP contribution is -2.36. The summed E-state index contributed by atoms with van der Waals surface area (Å²) in [5.74, 6) is -2.97. The fourth-order valence-electron chi connectivity index (χ4n) is 0.277. The Kier molecular flexibility index (Phi) is 2.94. The topological polar surface area (TPSA) is 29.5 Å². The van der Waals surface area contributed by atoms with Crippen LogP contribution in [0.25, 0.3) is 0 Å². The highest BCUT2D eigenvalue weighted by atomic mass is 35.5. The summed E-state index contributed by atoms with van der Waals surface area (Å²) in [5, 5.41) is 8.58. The highest BCUT2D eigenvalue weighted by molar-refractivity contribution is 6.18. The van der Waals surface area contributed by atoms with Crippen molar-refractivity contribution in [1.82, 2.24) is 0 Å². The van der Waals surface area contributed by atoms with Crippen molar-refractivity contribution in [3.63, 3.8) is 0 Å². The molecule has 1 unspecified atom stereocenters. The summed E-state index contributed by atoms with van der Waals surface area (Å²) in [5.41, 5.74) is 0. The summed E-state index contributed by atoms with van der Waals surface area (Å²) in [4.78, 5) is 0. The van der Waals surface area contributed by atoms with Gasteiger partial charge in [-0.25, -0.2) is 0 Å². The van der Waals surface area contributed by atoms with E-state index in [0.717, 1.165) is 6.92 Å². The lowest BCUT2D eigenvalue weighted by molar-refractivity contribution is -0.398. The molecule has 0 aromatic heterocycles. The molecule has 10 heavy (non-hydrogen) atoms. The van der Waals surface area contributed by atoms with Crippen LogP contribution in [0.4, 0.5) is 13.2 Å². The molecule has 0 amide bonds. The van der Waals surface area contributed by atoms with Gasteiger partial charge in [0.05, 0.1) is 5.88 Å². The second-order valence-electron chi connectivity index (χ2n) is 1.86. The molecule has 0 heterocycles. The minimum Gasteiger partial charge on any atom is -0.364 e.